The van der Waals surface area contributed by atoms with Crippen LogP contribution in [0.4, 0.5) is 5.69 Å². The van der Waals surface area contributed by atoms with Crippen LogP contribution in [0.2, 0.25) is 0 Å². The number of nitrogen functional groups attached to an aromatic ring is 1. The third kappa shape index (κ3) is 3.24. The van der Waals surface area contributed by atoms with Crippen LogP contribution in [0, 0.1) is 12.8 Å². The van der Waals surface area contributed by atoms with Crippen molar-refractivity contribution in [1.82, 2.24) is 4.72 Å². The molecule has 1 fully saturated rings. The predicted molar refractivity (Wildman–Crippen MR) is 75.8 cm³/mol. The second-order valence-corrected chi connectivity index (χ2v) is 7.40. The van der Waals surface area contributed by atoms with Gasteiger partial charge < -0.3 is 5.73 Å². The van der Waals surface area contributed by atoms with Crippen molar-refractivity contribution in [3.8, 4) is 0 Å². The molecule has 4 nitrogen and oxygen atoms in total. The number of nitrogens with two attached hydrogens (primary N) is 1. The molecule has 100 valence electrons. The van der Waals surface area contributed by atoms with Crippen LogP contribution < -0.4 is 10.5 Å². The highest BCUT2D eigenvalue weighted by molar-refractivity contribution is 9.10. The minimum atomic E-state index is -3.46. The molecule has 0 atom stereocenters. The molecule has 1 saturated carbocycles. The fourth-order valence-corrected chi connectivity index (χ4v) is 3.81. The van der Waals surface area contributed by atoms with E-state index in [1.807, 2.05) is 0 Å². The Labute approximate surface area is 116 Å². The molecule has 0 unspecified atom stereocenters. The Morgan fingerprint density at radius 2 is 2.11 bits per heavy atom. The number of hydrogen-bond donors (Lipinski definition) is 2. The van der Waals surface area contributed by atoms with Crippen molar-refractivity contribution in [2.24, 2.45) is 5.92 Å². The maximum atomic E-state index is 12.2. The minimum absolute atomic E-state index is 0.255. The molecule has 3 N–H and O–H groups in total. The summed E-state index contributed by atoms with van der Waals surface area (Å²) in [6.45, 7) is 2.22. The summed E-state index contributed by atoms with van der Waals surface area (Å²) in [5.41, 5.74) is 6.86. The number of halogens is 1. The van der Waals surface area contributed by atoms with E-state index in [-0.39, 0.29) is 4.90 Å². The number of sulfonamides is 1. The smallest absolute Gasteiger partial charge is 0.240 e. The molecule has 0 bridgehead atoms. The topological polar surface area (TPSA) is 72.2 Å². The van der Waals surface area contributed by atoms with Crippen molar-refractivity contribution >= 4 is 31.6 Å². The van der Waals surface area contributed by atoms with Gasteiger partial charge >= 0.3 is 0 Å². The minimum Gasteiger partial charge on any atom is -0.398 e. The Bertz CT molecular complexity index is 553. The molecule has 1 aliphatic rings. The van der Waals surface area contributed by atoms with Crippen LogP contribution in [-0.4, -0.2) is 15.0 Å². The molecule has 1 aromatic carbocycles. The number of rotatable bonds is 5. The van der Waals surface area contributed by atoms with Crippen LogP contribution in [0.1, 0.15) is 24.8 Å². The van der Waals surface area contributed by atoms with Crippen LogP contribution in [0.3, 0.4) is 0 Å². The Hall–Kier alpha value is -0.590. The maximum absolute atomic E-state index is 12.2. The van der Waals surface area contributed by atoms with Crippen LogP contribution in [0.5, 0.6) is 0 Å². The third-order valence-electron chi connectivity index (χ3n) is 3.20. The standard InChI is InChI=1S/C12H17BrN2O2S/c1-8-11(14)6-10(13)7-12(8)18(16,17)15-5-4-9-2-3-9/h6-7,9,15H,2-5,14H2,1H3. The van der Waals surface area contributed by atoms with Gasteiger partial charge in [-0.05, 0) is 37.0 Å². The summed E-state index contributed by atoms with van der Waals surface area (Å²) in [5.74, 6) is 0.710. The van der Waals surface area contributed by atoms with Crippen molar-refractivity contribution < 1.29 is 8.42 Å². The summed E-state index contributed by atoms with van der Waals surface area (Å²) < 4.78 is 27.7. The lowest BCUT2D eigenvalue weighted by atomic mass is 10.2. The maximum Gasteiger partial charge on any atom is 0.240 e. The molecule has 18 heavy (non-hydrogen) atoms. The first-order chi connectivity index (χ1) is 8.40. The van der Waals surface area contributed by atoms with E-state index in [0.717, 1.165) is 6.42 Å². The summed E-state index contributed by atoms with van der Waals surface area (Å²) in [4.78, 5) is 0.255. The normalized spacial score (nSPS) is 15.9. The average molecular weight is 333 g/mol. The lowest BCUT2D eigenvalue weighted by molar-refractivity contribution is 0.574. The van der Waals surface area contributed by atoms with Gasteiger partial charge in [0.2, 0.25) is 10.0 Å². The molecule has 6 heteroatoms. The molecule has 0 aliphatic heterocycles. The first-order valence-electron chi connectivity index (χ1n) is 5.95. The predicted octanol–water partition coefficient (Wildman–Crippen LogP) is 2.42. The van der Waals surface area contributed by atoms with E-state index in [1.54, 1.807) is 19.1 Å². The first-order valence-corrected chi connectivity index (χ1v) is 8.23. The second-order valence-electron chi connectivity index (χ2n) is 4.75. The Morgan fingerprint density at radius 1 is 1.44 bits per heavy atom. The monoisotopic (exact) mass is 332 g/mol. The Balaban J connectivity index is 2.17. The summed E-state index contributed by atoms with van der Waals surface area (Å²) in [6.07, 6.45) is 3.37. The van der Waals surface area contributed by atoms with Gasteiger partial charge in [-0.1, -0.05) is 28.8 Å². The van der Waals surface area contributed by atoms with E-state index in [2.05, 4.69) is 20.7 Å². The van der Waals surface area contributed by atoms with Crippen molar-refractivity contribution in [3.05, 3.63) is 22.2 Å². The van der Waals surface area contributed by atoms with Gasteiger partial charge in [0.15, 0.2) is 0 Å². The van der Waals surface area contributed by atoms with Crippen molar-refractivity contribution in [3.63, 3.8) is 0 Å². The summed E-state index contributed by atoms with van der Waals surface area (Å²) in [5, 5.41) is 0. The second kappa shape index (κ2) is 5.19. The quantitative estimate of drug-likeness (QED) is 0.813. The molecular formula is C12H17BrN2O2S. The fourth-order valence-electron chi connectivity index (χ4n) is 1.84. The Kier molecular flexibility index (Phi) is 3.99. The van der Waals surface area contributed by atoms with Gasteiger partial charge in [-0.2, -0.15) is 0 Å². The molecule has 0 spiro atoms. The van der Waals surface area contributed by atoms with Gasteiger partial charge in [-0.3, -0.25) is 0 Å². The van der Waals surface area contributed by atoms with Crippen LogP contribution in [-0.2, 0) is 10.0 Å². The van der Waals surface area contributed by atoms with E-state index < -0.39 is 10.0 Å². The van der Waals surface area contributed by atoms with Gasteiger partial charge in [0.05, 0.1) is 4.90 Å². The zero-order chi connectivity index (χ0) is 13.3. The lowest BCUT2D eigenvalue weighted by Gasteiger charge is -2.11. The zero-order valence-corrected chi connectivity index (χ0v) is 12.6. The van der Waals surface area contributed by atoms with Crippen molar-refractivity contribution in [1.29, 1.82) is 0 Å². The summed E-state index contributed by atoms with van der Waals surface area (Å²) in [7, 11) is -3.46. The summed E-state index contributed by atoms with van der Waals surface area (Å²) >= 11 is 3.27. The van der Waals surface area contributed by atoms with E-state index in [9.17, 15) is 8.42 Å². The van der Waals surface area contributed by atoms with Crippen molar-refractivity contribution in [2.45, 2.75) is 31.1 Å². The van der Waals surface area contributed by atoms with Gasteiger partial charge in [0.1, 0.15) is 0 Å². The first kappa shape index (κ1) is 13.8. The number of hydrogen-bond acceptors (Lipinski definition) is 3. The van der Waals surface area contributed by atoms with Crippen LogP contribution in [0.25, 0.3) is 0 Å². The molecular weight excluding hydrogens is 316 g/mol. The molecule has 0 amide bonds. The van der Waals surface area contributed by atoms with E-state index in [4.69, 9.17) is 5.73 Å². The average Bonchev–Trinajstić information content (AvgIpc) is 3.07. The molecule has 0 heterocycles. The van der Waals surface area contributed by atoms with E-state index in [0.29, 0.717) is 28.2 Å². The molecule has 0 saturated heterocycles. The SMILES string of the molecule is Cc1c(N)cc(Br)cc1S(=O)(=O)NCCC1CC1. The molecule has 0 aromatic heterocycles. The van der Waals surface area contributed by atoms with Gasteiger partial charge in [0.25, 0.3) is 0 Å². The van der Waals surface area contributed by atoms with Gasteiger partial charge in [0, 0.05) is 16.7 Å². The number of nitrogens with one attached hydrogen (secondary N) is 1. The highest BCUT2D eigenvalue weighted by atomic mass is 79.9. The van der Waals surface area contributed by atoms with Crippen molar-refractivity contribution in [2.75, 3.05) is 12.3 Å². The number of benzene rings is 1. The van der Waals surface area contributed by atoms with Crippen LogP contribution >= 0.6 is 15.9 Å². The Morgan fingerprint density at radius 3 is 2.72 bits per heavy atom. The van der Waals surface area contributed by atoms with Gasteiger partial charge in [-0.15, -0.1) is 0 Å². The largest absolute Gasteiger partial charge is 0.398 e. The molecule has 1 aliphatic carbocycles. The highest BCUT2D eigenvalue weighted by Crippen LogP contribution is 2.32. The molecule has 0 radical (unpaired) electrons. The third-order valence-corrected chi connectivity index (χ3v) is 5.24. The highest BCUT2D eigenvalue weighted by Gasteiger charge is 2.23. The summed E-state index contributed by atoms with van der Waals surface area (Å²) in [6, 6.07) is 3.30. The number of anilines is 1. The van der Waals surface area contributed by atoms with Gasteiger partial charge in [-0.25, -0.2) is 13.1 Å². The fraction of sp³-hybridized carbons (Fsp3) is 0.500. The zero-order valence-electron chi connectivity index (χ0n) is 10.2. The molecule has 1 aromatic rings. The molecule has 2 rings (SSSR count). The van der Waals surface area contributed by atoms with E-state index >= 15 is 0 Å². The lowest BCUT2D eigenvalue weighted by Crippen LogP contribution is -2.26. The van der Waals surface area contributed by atoms with E-state index in [1.165, 1.54) is 12.8 Å². The van der Waals surface area contributed by atoms with Crippen LogP contribution in [0.15, 0.2) is 21.5 Å².